The van der Waals surface area contributed by atoms with Crippen LogP contribution in [-0.4, -0.2) is 30.9 Å². The highest BCUT2D eigenvalue weighted by molar-refractivity contribution is 5.90. The van der Waals surface area contributed by atoms with Gasteiger partial charge >= 0.3 is 0 Å². The maximum Gasteiger partial charge on any atom is 0.243 e. The van der Waals surface area contributed by atoms with Crippen molar-refractivity contribution in [1.29, 1.82) is 5.26 Å². The Hall–Kier alpha value is -4.11. The Morgan fingerprint density at radius 2 is 1.52 bits per heavy atom. The Kier molecular flexibility index (Phi) is 7.01. The van der Waals surface area contributed by atoms with Crippen molar-refractivity contribution in [2.75, 3.05) is 18.0 Å². The highest BCUT2D eigenvalue weighted by atomic mass is 16.2. The maximum absolute atomic E-state index is 13.0. The summed E-state index contributed by atoms with van der Waals surface area (Å²) in [6, 6.07) is 28.3. The first-order chi connectivity index (χ1) is 16.1. The van der Waals surface area contributed by atoms with E-state index < -0.39 is 6.04 Å². The molecule has 1 unspecified atom stereocenters. The minimum Gasteiger partial charge on any atom is -0.369 e. The molecule has 1 heterocycles. The first-order valence-corrected chi connectivity index (χ1v) is 11.0. The lowest BCUT2D eigenvalue weighted by Gasteiger charge is -2.40. The third-order valence-corrected chi connectivity index (χ3v) is 5.84. The second kappa shape index (κ2) is 10.5. The topological polar surface area (TPSA) is 85.2 Å². The number of para-hydroxylation sites is 1. The van der Waals surface area contributed by atoms with Crippen molar-refractivity contribution in [3.8, 4) is 6.07 Å². The van der Waals surface area contributed by atoms with E-state index in [0.29, 0.717) is 31.6 Å². The molecule has 1 saturated heterocycles. The van der Waals surface area contributed by atoms with E-state index in [2.05, 4.69) is 16.7 Å². The molecule has 3 aromatic carbocycles. The van der Waals surface area contributed by atoms with E-state index >= 15 is 0 Å². The molecule has 2 amide bonds. The number of hydrogen-bond acceptors (Lipinski definition) is 4. The molecule has 0 aliphatic carbocycles. The second-order valence-electron chi connectivity index (χ2n) is 8.19. The zero-order valence-corrected chi connectivity index (χ0v) is 18.3. The fourth-order valence-electron chi connectivity index (χ4n) is 3.94. The van der Waals surface area contributed by atoms with E-state index in [0.717, 1.165) is 16.8 Å². The van der Waals surface area contributed by atoms with Crippen LogP contribution in [0.3, 0.4) is 0 Å². The van der Waals surface area contributed by atoms with Crippen molar-refractivity contribution < 1.29 is 9.59 Å². The van der Waals surface area contributed by atoms with Gasteiger partial charge in [0.05, 0.1) is 17.2 Å². The second-order valence-corrected chi connectivity index (χ2v) is 8.19. The van der Waals surface area contributed by atoms with E-state index in [1.54, 1.807) is 6.07 Å². The fourth-order valence-corrected chi connectivity index (χ4v) is 3.94. The van der Waals surface area contributed by atoms with Crippen LogP contribution in [0.25, 0.3) is 0 Å². The van der Waals surface area contributed by atoms with E-state index in [1.807, 2.05) is 83.8 Å². The van der Waals surface area contributed by atoms with Gasteiger partial charge in [-0.15, -0.1) is 0 Å². The number of benzene rings is 3. The van der Waals surface area contributed by atoms with Gasteiger partial charge in [-0.3, -0.25) is 9.59 Å². The van der Waals surface area contributed by atoms with Crippen LogP contribution in [-0.2, 0) is 22.6 Å². The Morgan fingerprint density at radius 3 is 2.18 bits per heavy atom. The fraction of sp³-hybridized carbons (Fsp3) is 0.222. The molecule has 1 fully saturated rings. The summed E-state index contributed by atoms with van der Waals surface area (Å²) in [6.07, 6.45) is 0.418. The largest absolute Gasteiger partial charge is 0.369 e. The minimum atomic E-state index is -0.663. The summed E-state index contributed by atoms with van der Waals surface area (Å²) in [6.45, 7) is 1.45. The van der Waals surface area contributed by atoms with Crippen LogP contribution in [0.5, 0.6) is 0 Å². The minimum absolute atomic E-state index is 0.142. The molecule has 0 bridgehead atoms. The number of nitrogens with zero attached hydrogens (tertiary/aromatic N) is 2. The van der Waals surface area contributed by atoms with E-state index in [-0.39, 0.29) is 17.7 Å². The van der Waals surface area contributed by atoms with Crippen molar-refractivity contribution in [2.24, 2.45) is 5.92 Å². The Balaban J connectivity index is 1.39. The molecule has 1 aliphatic rings. The third kappa shape index (κ3) is 5.58. The number of rotatable bonds is 8. The number of carbonyl (C=O) groups excluding carboxylic acids is 2. The standard InChI is InChI=1S/C27H26N4O2/c28-16-22-13-7-8-14-25(22)31-18-23(19-31)26(32)30-24(15-20-9-3-1-4-10-20)27(33)29-17-21-11-5-2-6-12-21/h1-14,23-24H,15,17-19H2,(H,29,33)(H,30,32). The molecule has 0 spiro atoms. The number of anilines is 1. The quantitative estimate of drug-likeness (QED) is 0.566. The number of nitrogens with one attached hydrogen (secondary N) is 2. The summed E-state index contributed by atoms with van der Waals surface area (Å²) < 4.78 is 0. The van der Waals surface area contributed by atoms with Crippen LogP contribution < -0.4 is 15.5 Å². The van der Waals surface area contributed by atoms with Crippen LogP contribution in [0.2, 0.25) is 0 Å². The summed E-state index contributed by atoms with van der Waals surface area (Å²) >= 11 is 0. The smallest absolute Gasteiger partial charge is 0.243 e. The van der Waals surface area contributed by atoms with Crippen molar-refractivity contribution in [3.63, 3.8) is 0 Å². The molecular weight excluding hydrogens is 412 g/mol. The Morgan fingerprint density at radius 1 is 0.909 bits per heavy atom. The average molecular weight is 439 g/mol. The van der Waals surface area contributed by atoms with Crippen molar-refractivity contribution in [2.45, 2.75) is 19.0 Å². The molecule has 6 nitrogen and oxygen atoms in total. The first-order valence-electron chi connectivity index (χ1n) is 11.0. The lowest BCUT2D eigenvalue weighted by molar-refractivity contribution is -0.131. The first kappa shape index (κ1) is 22.1. The van der Waals surface area contributed by atoms with Crippen LogP contribution in [0, 0.1) is 17.2 Å². The molecule has 0 aromatic heterocycles. The zero-order valence-electron chi connectivity index (χ0n) is 18.3. The predicted octanol–water partition coefficient (Wildman–Crippen LogP) is 3.04. The van der Waals surface area contributed by atoms with Gasteiger partial charge in [-0.05, 0) is 23.3 Å². The van der Waals surface area contributed by atoms with Crippen LogP contribution in [0.4, 0.5) is 5.69 Å². The van der Waals surface area contributed by atoms with Gasteiger partial charge in [-0.2, -0.15) is 5.26 Å². The molecular formula is C27H26N4O2. The van der Waals surface area contributed by atoms with Crippen molar-refractivity contribution in [1.82, 2.24) is 10.6 Å². The molecule has 3 aromatic rings. The average Bonchev–Trinajstić information content (AvgIpc) is 2.83. The maximum atomic E-state index is 13.0. The normalized spacial score (nSPS) is 14.0. The van der Waals surface area contributed by atoms with Gasteiger partial charge in [-0.25, -0.2) is 0 Å². The van der Waals surface area contributed by atoms with Crippen LogP contribution in [0.1, 0.15) is 16.7 Å². The molecule has 6 heteroatoms. The molecule has 33 heavy (non-hydrogen) atoms. The molecule has 0 radical (unpaired) electrons. The van der Waals surface area contributed by atoms with Gasteiger partial charge in [0, 0.05) is 26.1 Å². The number of amides is 2. The predicted molar refractivity (Wildman–Crippen MR) is 127 cm³/mol. The van der Waals surface area contributed by atoms with Gasteiger partial charge in [0.1, 0.15) is 12.1 Å². The summed E-state index contributed by atoms with van der Waals surface area (Å²) in [4.78, 5) is 28.0. The van der Waals surface area contributed by atoms with Gasteiger partial charge in [0.2, 0.25) is 11.8 Å². The lowest BCUT2D eigenvalue weighted by atomic mass is 9.96. The highest BCUT2D eigenvalue weighted by Gasteiger charge is 2.35. The Labute approximate surface area is 193 Å². The van der Waals surface area contributed by atoms with E-state index in [9.17, 15) is 14.9 Å². The number of carbonyl (C=O) groups is 2. The van der Waals surface area contributed by atoms with E-state index in [1.165, 1.54) is 0 Å². The molecule has 2 N–H and O–H groups in total. The van der Waals surface area contributed by atoms with Gasteiger partial charge in [0.15, 0.2) is 0 Å². The van der Waals surface area contributed by atoms with Gasteiger partial charge in [0.25, 0.3) is 0 Å². The molecule has 166 valence electrons. The van der Waals surface area contributed by atoms with Crippen molar-refractivity contribution in [3.05, 3.63) is 102 Å². The summed E-state index contributed by atoms with van der Waals surface area (Å²) in [5.41, 5.74) is 3.42. The summed E-state index contributed by atoms with van der Waals surface area (Å²) in [5, 5.41) is 15.2. The van der Waals surface area contributed by atoms with Gasteiger partial charge < -0.3 is 15.5 Å². The molecule has 1 atom stereocenters. The third-order valence-electron chi connectivity index (χ3n) is 5.84. The highest BCUT2D eigenvalue weighted by Crippen LogP contribution is 2.27. The lowest BCUT2D eigenvalue weighted by Crippen LogP contribution is -2.57. The Bertz CT molecular complexity index is 1140. The molecule has 0 saturated carbocycles. The van der Waals surface area contributed by atoms with Gasteiger partial charge in [-0.1, -0.05) is 72.8 Å². The summed E-state index contributed by atoms with van der Waals surface area (Å²) in [5.74, 6) is -0.574. The SMILES string of the molecule is N#Cc1ccccc1N1CC(C(=O)NC(Cc2ccccc2)C(=O)NCc2ccccc2)C1. The van der Waals surface area contributed by atoms with E-state index in [4.69, 9.17) is 0 Å². The van der Waals surface area contributed by atoms with Crippen molar-refractivity contribution >= 4 is 17.5 Å². The monoisotopic (exact) mass is 438 g/mol. The summed E-state index contributed by atoms with van der Waals surface area (Å²) in [7, 11) is 0. The van der Waals surface area contributed by atoms with Crippen LogP contribution >= 0.6 is 0 Å². The zero-order chi connectivity index (χ0) is 23.0. The number of nitriles is 1. The van der Waals surface area contributed by atoms with Crippen LogP contribution in [0.15, 0.2) is 84.9 Å². The molecule has 1 aliphatic heterocycles. The molecule has 4 rings (SSSR count). The number of hydrogen-bond donors (Lipinski definition) is 2.